The molecule has 0 unspecified atom stereocenters. The van der Waals surface area contributed by atoms with Crippen LogP contribution < -0.4 is 0 Å². The first-order chi connectivity index (χ1) is 14.0. The zero-order valence-electron chi connectivity index (χ0n) is 17.1. The summed E-state index contributed by atoms with van der Waals surface area (Å²) in [6, 6.07) is 12.5. The number of benzene rings is 2. The summed E-state index contributed by atoms with van der Waals surface area (Å²) >= 11 is 0. The van der Waals surface area contributed by atoms with Crippen LogP contribution in [-0.2, 0) is 9.63 Å². The molecule has 0 aliphatic carbocycles. The minimum absolute atomic E-state index is 0. The van der Waals surface area contributed by atoms with Gasteiger partial charge in [-0.05, 0) is 49.6 Å². The van der Waals surface area contributed by atoms with E-state index in [2.05, 4.69) is 5.16 Å². The monoisotopic (exact) mass is 432 g/mol. The van der Waals surface area contributed by atoms with Crippen LogP contribution in [0.3, 0.4) is 0 Å². The highest BCUT2D eigenvalue weighted by Gasteiger charge is 2.17. The van der Waals surface area contributed by atoms with Gasteiger partial charge in [-0.2, -0.15) is 0 Å². The number of aryl methyl sites for hydroxylation is 2. The fourth-order valence-corrected chi connectivity index (χ4v) is 3.41. The molecule has 1 aliphatic rings. The number of carbonyl (C=O) groups is 1. The molecule has 1 heterocycles. The number of halogens is 2. The number of carboxylic acid groups (broad SMARTS) is 1. The van der Waals surface area contributed by atoms with E-state index in [1.165, 1.54) is 12.1 Å². The summed E-state index contributed by atoms with van der Waals surface area (Å²) in [5, 5.41) is 13.5. The molecule has 2 aromatic rings. The highest BCUT2D eigenvalue weighted by Crippen LogP contribution is 2.19. The van der Waals surface area contributed by atoms with Crippen LogP contribution in [-0.4, -0.2) is 47.9 Å². The molecule has 1 aliphatic heterocycles. The minimum atomic E-state index is -0.873. The lowest BCUT2D eigenvalue weighted by molar-refractivity contribution is -0.133. The summed E-state index contributed by atoms with van der Waals surface area (Å²) in [6.07, 6.45) is 2.49. The van der Waals surface area contributed by atoms with E-state index in [1.807, 2.05) is 43.0 Å². The summed E-state index contributed by atoms with van der Waals surface area (Å²) in [6.45, 7) is 5.96. The van der Waals surface area contributed by atoms with Crippen LogP contribution >= 0.6 is 12.4 Å². The second kappa shape index (κ2) is 10.9. The second-order valence-corrected chi connectivity index (χ2v) is 7.15. The van der Waals surface area contributed by atoms with Crippen molar-refractivity contribution in [2.75, 3.05) is 26.2 Å². The van der Waals surface area contributed by atoms with Gasteiger partial charge in [-0.15, -0.1) is 12.4 Å². The highest BCUT2D eigenvalue weighted by molar-refractivity contribution is 6.14. The lowest BCUT2D eigenvalue weighted by Crippen LogP contribution is -2.34. The van der Waals surface area contributed by atoms with Crippen molar-refractivity contribution in [1.29, 1.82) is 0 Å². The summed E-state index contributed by atoms with van der Waals surface area (Å²) in [5.41, 5.74) is 4.65. The molecule has 30 heavy (non-hydrogen) atoms. The Morgan fingerprint density at radius 2 is 1.90 bits per heavy atom. The quantitative estimate of drug-likeness (QED) is 0.401. The van der Waals surface area contributed by atoms with E-state index in [9.17, 15) is 9.18 Å². The Kier molecular flexibility index (Phi) is 8.57. The number of rotatable bonds is 7. The maximum Gasteiger partial charge on any atom is 0.332 e. The standard InChI is InChI=1S/C23H25FN2O3.ClH/c1-16-6-3-4-8-20(16)22(21-10-9-19(24)14-17(21)2)25-29-13-12-26-11-5-7-18(15-26)23(27)28;/h3-4,6-10,14H,5,11-13,15H2,1-2H3,(H,27,28);1H/b25-22+;. The van der Waals surface area contributed by atoms with Gasteiger partial charge in [0, 0.05) is 36.3 Å². The van der Waals surface area contributed by atoms with Crippen molar-refractivity contribution in [3.63, 3.8) is 0 Å². The zero-order valence-corrected chi connectivity index (χ0v) is 17.9. The fourth-order valence-electron chi connectivity index (χ4n) is 3.41. The maximum atomic E-state index is 13.6. The van der Waals surface area contributed by atoms with E-state index in [4.69, 9.17) is 9.94 Å². The number of hydrogen-bond acceptors (Lipinski definition) is 4. The molecule has 0 saturated heterocycles. The van der Waals surface area contributed by atoms with Gasteiger partial charge in [0.25, 0.3) is 0 Å². The maximum absolute atomic E-state index is 13.6. The first kappa shape index (κ1) is 23.6. The third-order valence-corrected chi connectivity index (χ3v) is 5.00. The van der Waals surface area contributed by atoms with E-state index < -0.39 is 5.97 Å². The van der Waals surface area contributed by atoms with Crippen LogP contribution in [0.4, 0.5) is 4.39 Å². The normalized spacial score (nSPS) is 14.6. The van der Waals surface area contributed by atoms with Gasteiger partial charge >= 0.3 is 5.97 Å². The summed E-state index contributed by atoms with van der Waals surface area (Å²) in [4.78, 5) is 18.8. The van der Waals surface area contributed by atoms with Crippen LogP contribution in [0.25, 0.3) is 0 Å². The van der Waals surface area contributed by atoms with Gasteiger partial charge in [0.1, 0.15) is 18.1 Å². The SMILES string of the molecule is Cc1ccccc1/C(=N\OCCN1CCC=C(C(=O)O)C1)c1ccc(F)cc1C.Cl. The first-order valence-corrected chi connectivity index (χ1v) is 9.63. The van der Waals surface area contributed by atoms with Crippen LogP contribution in [0.2, 0.25) is 0 Å². The molecule has 7 heteroatoms. The Morgan fingerprint density at radius 3 is 2.60 bits per heavy atom. The molecule has 0 spiro atoms. The third kappa shape index (κ3) is 5.90. The number of carboxylic acids is 1. The van der Waals surface area contributed by atoms with Crippen molar-refractivity contribution in [2.45, 2.75) is 20.3 Å². The molecular weight excluding hydrogens is 407 g/mol. The van der Waals surface area contributed by atoms with Crippen LogP contribution in [0.15, 0.2) is 59.3 Å². The molecule has 0 bridgehead atoms. The lowest BCUT2D eigenvalue weighted by atomic mass is 9.95. The molecule has 0 aromatic heterocycles. The van der Waals surface area contributed by atoms with Gasteiger partial charge in [-0.3, -0.25) is 4.90 Å². The molecule has 0 amide bonds. The van der Waals surface area contributed by atoms with E-state index >= 15 is 0 Å². The van der Waals surface area contributed by atoms with E-state index in [0.717, 1.165) is 28.8 Å². The number of oxime groups is 1. The Bertz CT molecular complexity index is 959. The summed E-state index contributed by atoms with van der Waals surface area (Å²) in [7, 11) is 0. The summed E-state index contributed by atoms with van der Waals surface area (Å²) in [5.74, 6) is -1.16. The van der Waals surface area contributed by atoms with Crippen molar-refractivity contribution >= 4 is 24.1 Å². The molecule has 1 N–H and O–H groups in total. The summed E-state index contributed by atoms with van der Waals surface area (Å²) < 4.78 is 13.6. The topological polar surface area (TPSA) is 62.1 Å². The fraction of sp³-hybridized carbons (Fsp3) is 0.304. The highest BCUT2D eigenvalue weighted by atomic mass is 35.5. The van der Waals surface area contributed by atoms with E-state index in [-0.39, 0.29) is 18.2 Å². The number of hydrogen-bond donors (Lipinski definition) is 1. The smallest absolute Gasteiger partial charge is 0.332 e. The molecule has 160 valence electrons. The van der Waals surface area contributed by atoms with E-state index in [1.54, 1.807) is 12.1 Å². The number of nitrogens with zero attached hydrogens (tertiary/aromatic N) is 2. The molecule has 5 nitrogen and oxygen atoms in total. The van der Waals surface area contributed by atoms with Crippen molar-refractivity contribution in [1.82, 2.24) is 4.90 Å². The number of aliphatic carboxylic acids is 1. The largest absolute Gasteiger partial charge is 0.478 e. The van der Waals surface area contributed by atoms with Crippen LogP contribution in [0.1, 0.15) is 28.7 Å². The zero-order chi connectivity index (χ0) is 20.8. The molecule has 0 atom stereocenters. The van der Waals surface area contributed by atoms with Crippen molar-refractivity contribution < 1.29 is 19.1 Å². The molecule has 0 saturated carbocycles. The van der Waals surface area contributed by atoms with Gasteiger partial charge in [-0.25, -0.2) is 9.18 Å². The first-order valence-electron chi connectivity index (χ1n) is 9.63. The predicted octanol–water partition coefficient (Wildman–Crippen LogP) is 4.35. The van der Waals surface area contributed by atoms with Gasteiger partial charge in [0.15, 0.2) is 0 Å². The average Bonchev–Trinajstić information content (AvgIpc) is 2.70. The minimum Gasteiger partial charge on any atom is -0.478 e. The Morgan fingerprint density at radius 1 is 1.17 bits per heavy atom. The van der Waals surface area contributed by atoms with Crippen LogP contribution in [0, 0.1) is 19.7 Å². The van der Waals surface area contributed by atoms with Crippen molar-refractivity contribution in [3.05, 3.63) is 82.2 Å². The molecule has 0 radical (unpaired) electrons. The van der Waals surface area contributed by atoms with Crippen molar-refractivity contribution in [2.24, 2.45) is 5.16 Å². The third-order valence-electron chi connectivity index (χ3n) is 5.00. The van der Waals surface area contributed by atoms with Gasteiger partial charge < -0.3 is 9.94 Å². The Hall–Kier alpha value is -2.70. The molecular formula is C23H26ClFN2O3. The van der Waals surface area contributed by atoms with Crippen LogP contribution in [0.5, 0.6) is 0 Å². The van der Waals surface area contributed by atoms with E-state index in [0.29, 0.717) is 37.4 Å². The Balaban J connectivity index is 0.00000320. The molecule has 2 aromatic carbocycles. The Labute approximate surface area is 182 Å². The van der Waals surface area contributed by atoms with Gasteiger partial charge in [0.2, 0.25) is 0 Å². The molecule has 0 fully saturated rings. The predicted molar refractivity (Wildman–Crippen MR) is 118 cm³/mol. The average molecular weight is 433 g/mol. The van der Waals surface area contributed by atoms with Crippen molar-refractivity contribution in [3.8, 4) is 0 Å². The lowest BCUT2D eigenvalue weighted by Gasteiger charge is -2.25. The second-order valence-electron chi connectivity index (χ2n) is 7.15. The van der Waals surface area contributed by atoms with Gasteiger partial charge in [-0.1, -0.05) is 35.5 Å². The van der Waals surface area contributed by atoms with Gasteiger partial charge in [0.05, 0.1) is 0 Å². The molecule has 3 rings (SSSR count).